The number of hydrogen-bond donors (Lipinski definition) is 2. The van der Waals surface area contributed by atoms with Gasteiger partial charge in [-0.05, 0) is 25.8 Å². The maximum Gasteiger partial charge on any atom is 0.328 e. The molecule has 2 saturated heterocycles. The van der Waals surface area contributed by atoms with Gasteiger partial charge in [0.1, 0.15) is 12.4 Å². The Labute approximate surface area is 237 Å². The molecule has 0 saturated carbocycles. The van der Waals surface area contributed by atoms with Crippen LogP contribution in [0, 0.1) is 12.8 Å². The van der Waals surface area contributed by atoms with Crippen molar-refractivity contribution in [3.05, 3.63) is 47.6 Å². The lowest BCUT2D eigenvalue weighted by molar-refractivity contribution is -0.137. The van der Waals surface area contributed by atoms with Crippen LogP contribution in [0.5, 0.6) is 11.8 Å². The van der Waals surface area contributed by atoms with Crippen molar-refractivity contribution in [1.82, 2.24) is 19.9 Å². The fourth-order valence-electron chi connectivity index (χ4n) is 5.10. The number of aliphatic carboxylic acids is 2. The van der Waals surface area contributed by atoms with Crippen molar-refractivity contribution >= 4 is 23.5 Å². The van der Waals surface area contributed by atoms with Crippen LogP contribution >= 0.6 is 0 Å². The third kappa shape index (κ3) is 7.91. The number of aromatic nitrogens is 3. The lowest BCUT2D eigenvalue weighted by Gasteiger charge is -2.31. The van der Waals surface area contributed by atoms with Crippen LogP contribution in [0.3, 0.4) is 0 Å². The molecule has 220 valence electrons. The highest BCUT2D eigenvalue weighted by Gasteiger charge is 2.34. The fraction of sp³-hybridized carbons (Fsp3) is 0.500. The molecule has 1 unspecified atom stereocenters. The molecular formula is C28H35N5O8. The van der Waals surface area contributed by atoms with Crippen molar-refractivity contribution < 1.29 is 38.8 Å². The van der Waals surface area contributed by atoms with E-state index in [0.29, 0.717) is 50.2 Å². The zero-order valence-corrected chi connectivity index (χ0v) is 23.2. The molecule has 1 amide bonds. The van der Waals surface area contributed by atoms with Crippen LogP contribution in [0.2, 0.25) is 0 Å². The van der Waals surface area contributed by atoms with Crippen molar-refractivity contribution in [2.75, 3.05) is 44.9 Å². The molecule has 0 aliphatic carbocycles. The highest BCUT2D eigenvalue weighted by Crippen LogP contribution is 2.31. The van der Waals surface area contributed by atoms with E-state index < -0.39 is 11.9 Å². The number of hydrogen-bond acceptors (Lipinski definition) is 10. The molecule has 41 heavy (non-hydrogen) atoms. The van der Waals surface area contributed by atoms with Crippen molar-refractivity contribution in [2.24, 2.45) is 5.92 Å². The number of pyridine rings is 1. The highest BCUT2D eigenvalue weighted by atomic mass is 16.5. The van der Waals surface area contributed by atoms with Gasteiger partial charge < -0.3 is 34.2 Å². The minimum absolute atomic E-state index is 0.0481. The molecule has 13 heteroatoms. The van der Waals surface area contributed by atoms with Gasteiger partial charge in [0.2, 0.25) is 17.7 Å². The number of rotatable bonds is 7. The first-order chi connectivity index (χ1) is 19.7. The molecule has 0 aromatic carbocycles. The lowest BCUT2D eigenvalue weighted by atomic mass is 9.99. The summed E-state index contributed by atoms with van der Waals surface area (Å²) in [6.07, 6.45) is 7.77. The van der Waals surface area contributed by atoms with Crippen LogP contribution in [-0.4, -0.2) is 94.0 Å². The molecule has 0 radical (unpaired) electrons. The van der Waals surface area contributed by atoms with Crippen molar-refractivity contribution in [1.29, 1.82) is 0 Å². The molecule has 0 bridgehead atoms. The number of methoxy groups -OCH3 is 1. The highest BCUT2D eigenvalue weighted by molar-refractivity contribution is 5.89. The molecule has 2 aromatic rings. The number of aryl methyl sites for hydroxylation is 1. The van der Waals surface area contributed by atoms with Crippen molar-refractivity contribution in [3.63, 3.8) is 0 Å². The quantitative estimate of drug-likeness (QED) is 0.466. The molecule has 5 heterocycles. The molecule has 3 aliphatic rings. The predicted molar refractivity (Wildman–Crippen MR) is 146 cm³/mol. The van der Waals surface area contributed by atoms with Crippen LogP contribution in [-0.2, 0) is 32.1 Å². The van der Waals surface area contributed by atoms with E-state index in [2.05, 4.69) is 25.9 Å². The van der Waals surface area contributed by atoms with E-state index in [1.807, 2.05) is 18.0 Å². The van der Waals surface area contributed by atoms with E-state index in [9.17, 15) is 14.4 Å². The first kappa shape index (κ1) is 29.7. The van der Waals surface area contributed by atoms with Crippen LogP contribution < -0.4 is 14.4 Å². The van der Waals surface area contributed by atoms with Gasteiger partial charge in [0, 0.05) is 62.8 Å². The van der Waals surface area contributed by atoms with E-state index in [1.54, 1.807) is 13.4 Å². The second kappa shape index (κ2) is 13.9. The van der Waals surface area contributed by atoms with E-state index in [0.717, 1.165) is 61.3 Å². The van der Waals surface area contributed by atoms with Gasteiger partial charge in [0.25, 0.3) is 0 Å². The normalized spacial score (nSPS) is 18.8. The summed E-state index contributed by atoms with van der Waals surface area (Å²) in [5, 5.41) is 15.6. The zero-order valence-electron chi connectivity index (χ0n) is 23.2. The van der Waals surface area contributed by atoms with Gasteiger partial charge in [-0.1, -0.05) is 0 Å². The minimum Gasteiger partial charge on any atom is -0.481 e. The average molecular weight is 570 g/mol. The number of nitrogens with zero attached hydrogens (tertiary/aromatic N) is 5. The smallest absolute Gasteiger partial charge is 0.328 e. The lowest BCUT2D eigenvalue weighted by Crippen LogP contribution is -2.38. The monoisotopic (exact) mass is 569 g/mol. The van der Waals surface area contributed by atoms with Gasteiger partial charge in [-0.15, -0.1) is 0 Å². The van der Waals surface area contributed by atoms with Gasteiger partial charge in [-0.25, -0.2) is 24.5 Å². The number of carboxylic acid groups (broad SMARTS) is 2. The minimum atomic E-state index is -1.26. The number of ether oxygens (including phenoxy) is 3. The van der Waals surface area contributed by atoms with Crippen LogP contribution in [0.4, 0.5) is 5.69 Å². The Morgan fingerprint density at radius 3 is 2.41 bits per heavy atom. The van der Waals surface area contributed by atoms with Crippen molar-refractivity contribution in [2.45, 2.75) is 45.3 Å². The van der Waals surface area contributed by atoms with Gasteiger partial charge in [-0.3, -0.25) is 4.79 Å². The van der Waals surface area contributed by atoms with Gasteiger partial charge in [-0.2, -0.15) is 0 Å². The number of amides is 1. The number of carbonyl (C=O) groups is 3. The molecule has 1 atom stereocenters. The molecular weight excluding hydrogens is 534 g/mol. The van der Waals surface area contributed by atoms with E-state index in [4.69, 9.17) is 24.4 Å². The maximum atomic E-state index is 12.9. The van der Waals surface area contributed by atoms with Gasteiger partial charge in [0.05, 0.1) is 43.3 Å². The number of likely N-dealkylation sites (tertiary alicyclic amines) is 1. The number of carboxylic acids is 2. The number of carbonyl (C=O) groups excluding carboxylic acids is 1. The van der Waals surface area contributed by atoms with Crippen LogP contribution in [0.1, 0.15) is 36.1 Å². The first-order valence-electron chi connectivity index (χ1n) is 13.5. The molecule has 2 N–H and O–H groups in total. The maximum absolute atomic E-state index is 12.9. The summed E-state index contributed by atoms with van der Waals surface area (Å²) in [7, 11) is 1.63. The fourth-order valence-corrected chi connectivity index (χ4v) is 5.10. The van der Waals surface area contributed by atoms with Gasteiger partial charge >= 0.3 is 11.9 Å². The first-order valence-corrected chi connectivity index (χ1v) is 13.5. The second-order valence-electron chi connectivity index (χ2n) is 10.0. The van der Waals surface area contributed by atoms with Crippen LogP contribution in [0.25, 0.3) is 0 Å². The summed E-state index contributed by atoms with van der Waals surface area (Å²) in [6.45, 7) is 6.22. The Morgan fingerprint density at radius 1 is 1.02 bits per heavy atom. The summed E-state index contributed by atoms with van der Waals surface area (Å²) < 4.78 is 17.1. The summed E-state index contributed by atoms with van der Waals surface area (Å²) in [5.41, 5.74) is 4.10. The Kier molecular flexibility index (Phi) is 10.1. The SMILES string of the molecule is COc1ncc(N2CCc3ncnc(OC4CCN(C(=O)C5CCOCC5)C4)c3C2)cc1C.O=C(O)C=CC(=O)O. The molecule has 3 aliphatic heterocycles. The molecule has 2 aromatic heterocycles. The molecule has 2 fully saturated rings. The zero-order chi connectivity index (χ0) is 29.4. The Bertz CT molecular complexity index is 1260. The summed E-state index contributed by atoms with van der Waals surface area (Å²) in [4.78, 5) is 49.6. The Balaban J connectivity index is 0.000000426. The molecule has 0 spiro atoms. The third-order valence-electron chi connectivity index (χ3n) is 7.21. The molecule has 5 rings (SSSR count). The number of anilines is 1. The average Bonchev–Trinajstić information content (AvgIpc) is 3.45. The second-order valence-corrected chi connectivity index (χ2v) is 10.0. The van der Waals surface area contributed by atoms with Crippen molar-refractivity contribution in [3.8, 4) is 11.8 Å². The summed E-state index contributed by atoms with van der Waals surface area (Å²) in [6, 6.07) is 2.10. The molecule has 13 nitrogen and oxygen atoms in total. The Hall–Kier alpha value is -4.26. The Morgan fingerprint density at radius 2 is 1.76 bits per heavy atom. The largest absolute Gasteiger partial charge is 0.481 e. The third-order valence-corrected chi connectivity index (χ3v) is 7.21. The summed E-state index contributed by atoms with van der Waals surface area (Å²) >= 11 is 0. The van der Waals surface area contributed by atoms with Crippen LogP contribution in [0.15, 0.2) is 30.7 Å². The predicted octanol–water partition coefficient (Wildman–Crippen LogP) is 1.87. The van der Waals surface area contributed by atoms with Gasteiger partial charge in [0.15, 0.2) is 0 Å². The summed E-state index contributed by atoms with van der Waals surface area (Å²) in [5.74, 6) is -0.917. The van der Waals surface area contributed by atoms with E-state index in [-0.39, 0.29) is 17.9 Å². The van der Waals surface area contributed by atoms with E-state index >= 15 is 0 Å². The number of fused-ring (bicyclic) bond motifs is 1. The van der Waals surface area contributed by atoms with E-state index in [1.165, 1.54) is 0 Å². The topological polar surface area (TPSA) is 165 Å². The standard InChI is InChI=1S/C24H31N5O4.C4H4O4/c1-16-11-18(12-25-22(16)31-2)28-8-4-21-20(14-28)23(27-15-26-21)33-19-3-7-29(13-19)24(30)17-5-9-32-10-6-17;5-3(6)1-2-4(7)8/h11-12,15,17,19H,3-10,13-14H2,1-2H3;1-2H,(H,5,6)(H,7,8).